The number of thiophene rings is 1. The predicted octanol–water partition coefficient (Wildman–Crippen LogP) is 5.28. The van der Waals surface area contributed by atoms with E-state index in [1.54, 1.807) is 11.3 Å². The number of hydrogen-bond donors (Lipinski definition) is 1. The molecule has 2 atom stereocenters. The molecule has 0 saturated heterocycles. The molecule has 0 bridgehead atoms. The lowest BCUT2D eigenvalue weighted by Gasteiger charge is -2.25. The van der Waals surface area contributed by atoms with E-state index in [1.807, 2.05) is 18.2 Å². The first-order valence-corrected chi connectivity index (χ1v) is 8.90. The molecule has 5 heteroatoms. The molecule has 0 saturated carbocycles. The van der Waals surface area contributed by atoms with Gasteiger partial charge in [-0.15, -0.1) is 11.3 Å². The molecule has 1 N–H and O–H groups in total. The third-order valence-electron chi connectivity index (χ3n) is 3.69. The van der Waals surface area contributed by atoms with Crippen LogP contribution in [0.3, 0.4) is 0 Å². The monoisotopic (exact) mass is 387 g/mol. The minimum Gasteiger partial charge on any atom is -0.388 e. The van der Waals surface area contributed by atoms with Crippen LogP contribution in [0.4, 0.5) is 0 Å². The van der Waals surface area contributed by atoms with Gasteiger partial charge in [-0.1, -0.05) is 39.7 Å². The molecule has 2 unspecified atom stereocenters. The summed E-state index contributed by atoms with van der Waals surface area (Å²) >= 11 is 11.3. The van der Waals surface area contributed by atoms with Crippen LogP contribution in [-0.2, 0) is 0 Å². The maximum atomic E-state index is 10.3. The highest BCUT2D eigenvalue weighted by molar-refractivity contribution is 9.10. The molecule has 0 radical (unpaired) electrons. The molecule has 21 heavy (non-hydrogen) atoms. The Hall–Kier alpha value is -0.390. The van der Waals surface area contributed by atoms with E-state index in [4.69, 9.17) is 11.6 Å². The number of hydrogen-bond acceptors (Lipinski definition) is 3. The molecule has 0 amide bonds. The highest BCUT2D eigenvalue weighted by Gasteiger charge is 2.16. The van der Waals surface area contributed by atoms with Gasteiger partial charge in [0, 0.05) is 27.0 Å². The summed E-state index contributed by atoms with van der Waals surface area (Å²) in [6.45, 7) is 3.00. The van der Waals surface area contributed by atoms with E-state index in [2.05, 4.69) is 52.3 Å². The number of nitrogens with zero attached hydrogens (tertiary/aromatic N) is 1. The molecule has 114 valence electrons. The topological polar surface area (TPSA) is 23.5 Å². The van der Waals surface area contributed by atoms with Crippen molar-refractivity contribution in [3.63, 3.8) is 0 Å². The zero-order valence-electron chi connectivity index (χ0n) is 12.1. The van der Waals surface area contributed by atoms with Gasteiger partial charge in [0.1, 0.15) is 0 Å². The smallest absolute Gasteiger partial charge is 0.0816 e. The minimum absolute atomic E-state index is 0.359. The Morgan fingerprint density at radius 2 is 2.14 bits per heavy atom. The molecule has 2 aromatic rings. The summed E-state index contributed by atoms with van der Waals surface area (Å²) in [7, 11) is 2.08. The maximum absolute atomic E-state index is 10.3. The van der Waals surface area contributed by atoms with Gasteiger partial charge in [0.2, 0.25) is 0 Å². The van der Waals surface area contributed by atoms with Crippen molar-refractivity contribution < 1.29 is 5.11 Å². The molecule has 0 aliphatic carbocycles. The van der Waals surface area contributed by atoms with Gasteiger partial charge in [0.15, 0.2) is 0 Å². The zero-order valence-corrected chi connectivity index (χ0v) is 15.3. The fraction of sp³-hybridized carbons (Fsp3) is 0.375. The van der Waals surface area contributed by atoms with Crippen LogP contribution in [0.2, 0.25) is 5.02 Å². The second kappa shape index (κ2) is 7.75. The molecule has 0 aliphatic heterocycles. The average Bonchev–Trinajstić information content (AvgIpc) is 2.97. The van der Waals surface area contributed by atoms with E-state index in [0.29, 0.717) is 17.5 Å². The molecule has 0 fully saturated rings. The van der Waals surface area contributed by atoms with Crippen LogP contribution >= 0.6 is 38.9 Å². The molecular formula is C16H19BrClNOS. The van der Waals surface area contributed by atoms with E-state index in [9.17, 15) is 5.11 Å². The highest BCUT2D eigenvalue weighted by Crippen LogP contribution is 2.29. The van der Waals surface area contributed by atoms with Crippen molar-refractivity contribution in [3.05, 3.63) is 55.6 Å². The SMILES string of the molecule is CC(c1cccs1)N(C)CCC(O)c1ccc(Br)cc1Cl. The molecule has 2 rings (SSSR count). The standard InChI is InChI=1S/C16H19BrClNOS/c1-11(16-4-3-9-21-16)19(2)8-7-15(20)13-6-5-12(17)10-14(13)18/h3-6,9-11,15,20H,7-8H2,1-2H3. The van der Waals surface area contributed by atoms with Crippen LogP contribution in [-0.4, -0.2) is 23.6 Å². The van der Waals surface area contributed by atoms with Crippen molar-refractivity contribution in [2.24, 2.45) is 0 Å². The number of aliphatic hydroxyl groups is 1. The number of aliphatic hydroxyl groups excluding tert-OH is 1. The normalized spacial score (nSPS) is 14.4. The van der Waals surface area contributed by atoms with Crippen LogP contribution in [0.15, 0.2) is 40.2 Å². The largest absolute Gasteiger partial charge is 0.388 e. The summed E-state index contributed by atoms with van der Waals surface area (Å²) in [6, 6.07) is 10.2. The van der Waals surface area contributed by atoms with Gasteiger partial charge in [-0.2, -0.15) is 0 Å². The van der Waals surface area contributed by atoms with E-state index < -0.39 is 6.10 Å². The lowest BCUT2D eigenvalue weighted by atomic mass is 10.1. The van der Waals surface area contributed by atoms with Gasteiger partial charge < -0.3 is 5.11 Å². The Kier molecular flexibility index (Phi) is 6.26. The van der Waals surface area contributed by atoms with Crippen LogP contribution in [0.5, 0.6) is 0 Å². The van der Waals surface area contributed by atoms with Crippen LogP contribution < -0.4 is 0 Å². The highest BCUT2D eigenvalue weighted by atomic mass is 79.9. The van der Waals surface area contributed by atoms with Gasteiger partial charge in [-0.05, 0) is 49.5 Å². The Morgan fingerprint density at radius 3 is 2.76 bits per heavy atom. The summed E-state index contributed by atoms with van der Waals surface area (Å²) in [5, 5.41) is 13.0. The molecule has 2 nitrogen and oxygen atoms in total. The first kappa shape index (κ1) is 17.0. The van der Waals surface area contributed by atoms with Gasteiger partial charge in [-0.3, -0.25) is 4.90 Å². The summed E-state index contributed by atoms with van der Waals surface area (Å²) in [4.78, 5) is 3.59. The summed E-state index contributed by atoms with van der Waals surface area (Å²) in [5.41, 5.74) is 0.789. The maximum Gasteiger partial charge on any atom is 0.0816 e. The van der Waals surface area contributed by atoms with Crippen molar-refractivity contribution in [1.29, 1.82) is 0 Å². The van der Waals surface area contributed by atoms with E-state index in [-0.39, 0.29) is 0 Å². The van der Waals surface area contributed by atoms with Crippen molar-refractivity contribution >= 4 is 38.9 Å². The second-order valence-electron chi connectivity index (χ2n) is 5.14. The fourth-order valence-corrected chi connectivity index (χ4v) is 3.84. The van der Waals surface area contributed by atoms with Crippen molar-refractivity contribution in [2.45, 2.75) is 25.5 Å². The Labute approximate surface area is 143 Å². The lowest BCUT2D eigenvalue weighted by molar-refractivity contribution is 0.139. The van der Waals surface area contributed by atoms with Gasteiger partial charge in [0.05, 0.1) is 6.10 Å². The van der Waals surface area contributed by atoms with Crippen LogP contribution in [0, 0.1) is 0 Å². The van der Waals surface area contributed by atoms with E-state index in [1.165, 1.54) is 4.88 Å². The molecule has 1 aromatic carbocycles. The van der Waals surface area contributed by atoms with E-state index in [0.717, 1.165) is 16.6 Å². The first-order chi connectivity index (χ1) is 9.99. The lowest BCUT2D eigenvalue weighted by Crippen LogP contribution is -2.24. The second-order valence-corrected chi connectivity index (χ2v) is 7.44. The molecule has 0 aliphatic rings. The van der Waals surface area contributed by atoms with Crippen molar-refractivity contribution in [3.8, 4) is 0 Å². The molecule has 1 heterocycles. The van der Waals surface area contributed by atoms with Crippen molar-refractivity contribution in [2.75, 3.05) is 13.6 Å². The number of benzene rings is 1. The van der Waals surface area contributed by atoms with Crippen LogP contribution in [0.25, 0.3) is 0 Å². The Balaban J connectivity index is 1.93. The van der Waals surface area contributed by atoms with Crippen molar-refractivity contribution in [1.82, 2.24) is 4.90 Å². The van der Waals surface area contributed by atoms with Gasteiger partial charge in [0.25, 0.3) is 0 Å². The van der Waals surface area contributed by atoms with Gasteiger partial charge in [-0.25, -0.2) is 0 Å². The van der Waals surface area contributed by atoms with E-state index >= 15 is 0 Å². The van der Waals surface area contributed by atoms with Crippen LogP contribution in [0.1, 0.15) is 35.9 Å². The average molecular weight is 389 g/mol. The summed E-state index contributed by atoms with van der Waals surface area (Å²) < 4.78 is 0.923. The third kappa shape index (κ3) is 4.54. The number of rotatable bonds is 6. The van der Waals surface area contributed by atoms with Gasteiger partial charge >= 0.3 is 0 Å². The number of halogens is 2. The fourth-order valence-electron chi connectivity index (χ4n) is 2.19. The summed E-state index contributed by atoms with van der Waals surface area (Å²) in [6.07, 6.45) is 0.122. The quantitative estimate of drug-likeness (QED) is 0.727. The third-order valence-corrected chi connectivity index (χ3v) is 5.56. The molecule has 1 aromatic heterocycles. The Bertz CT molecular complexity index is 576. The predicted molar refractivity (Wildman–Crippen MR) is 94.1 cm³/mol. The minimum atomic E-state index is -0.538. The first-order valence-electron chi connectivity index (χ1n) is 6.85. The Morgan fingerprint density at radius 1 is 1.38 bits per heavy atom. The molecule has 0 spiro atoms. The summed E-state index contributed by atoms with van der Waals surface area (Å²) in [5.74, 6) is 0. The zero-order chi connectivity index (χ0) is 15.4. The molecular weight excluding hydrogens is 370 g/mol.